The van der Waals surface area contributed by atoms with Gasteiger partial charge in [0.25, 0.3) is 0 Å². The van der Waals surface area contributed by atoms with Crippen LogP contribution in [0.3, 0.4) is 0 Å². The van der Waals surface area contributed by atoms with E-state index in [1.807, 2.05) is 30.3 Å². The predicted molar refractivity (Wildman–Crippen MR) is 86.7 cm³/mol. The fraction of sp³-hybridized carbons (Fsp3) is 0.188. The molecule has 0 atom stereocenters. The lowest BCUT2D eigenvalue weighted by atomic mass is 10.3. The van der Waals surface area contributed by atoms with E-state index in [4.69, 9.17) is 21.4 Å². The number of ether oxygens (including phenoxy) is 1. The number of aliphatic hydroxyl groups is 1. The van der Waals surface area contributed by atoms with Gasteiger partial charge in [-0.2, -0.15) is 0 Å². The molecule has 2 rings (SSSR count). The number of nitrogens with one attached hydrogen (secondary N) is 1. The smallest absolute Gasteiger partial charge is 0.321 e. The number of carbonyl (C=O) groups excluding carboxylic acids is 1. The van der Waals surface area contributed by atoms with Crippen LogP contribution in [0.25, 0.3) is 0 Å². The summed E-state index contributed by atoms with van der Waals surface area (Å²) in [6.45, 7) is 0.133. The summed E-state index contributed by atoms with van der Waals surface area (Å²) < 4.78 is 5.76. The van der Waals surface area contributed by atoms with Gasteiger partial charge in [0.05, 0.1) is 12.3 Å². The number of aliphatic hydroxyl groups excluding tert-OH is 1. The molecule has 2 aromatic carbocycles. The minimum Gasteiger partial charge on any atom is -0.455 e. The lowest BCUT2D eigenvalue weighted by molar-refractivity contribution is 0.202. The van der Waals surface area contributed by atoms with Crippen molar-refractivity contribution in [3.05, 3.63) is 53.6 Å². The Hall–Kier alpha value is -2.24. The van der Waals surface area contributed by atoms with Crippen molar-refractivity contribution in [1.29, 1.82) is 0 Å². The first-order valence-electron chi connectivity index (χ1n) is 6.75. The number of anilines is 1. The minimum atomic E-state index is -0.353. The molecule has 2 amide bonds. The van der Waals surface area contributed by atoms with Crippen molar-refractivity contribution < 1.29 is 14.6 Å². The second kappa shape index (κ2) is 7.68. The van der Waals surface area contributed by atoms with Gasteiger partial charge in [0.15, 0.2) is 5.75 Å². The van der Waals surface area contributed by atoms with Crippen LogP contribution in [0, 0.1) is 0 Å². The first-order chi connectivity index (χ1) is 10.6. The third kappa shape index (κ3) is 4.38. The van der Waals surface area contributed by atoms with Crippen molar-refractivity contribution >= 4 is 23.3 Å². The summed E-state index contributed by atoms with van der Waals surface area (Å²) in [6, 6.07) is 13.9. The molecular weight excluding hydrogens is 304 g/mol. The number of para-hydroxylation sites is 1. The standard InChI is InChI=1S/C16H17ClN2O3/c1-19(9-10-20)16(21)18-14-11-12(17)7-8-15(14)22-13-5-3-2-4-6-13/h2-8,11,20H,9-10H2,1H3,(H,18,21). The Morgan fingerprint density at radius 2 is 2.00 bits per heavy atom. The van der Waals surface area contributed by atoms with Gasteiger partial charge in [-0.1, -0.05) is 29.8 Å². The highest BCUT2D eigenvalue weighted by molar-refractivity contribution is 6.31. The summed E-state index contributed by atoms with van der Waals surface area (Å²) in [5.41, 5.74) is 0.464. The Kier molecular flexibility index (Phi) is 5.63. The summed E-state index contributed by atoms with van der Waals surface area (Å²) >= 11 is 5.98. The topological polar surface area (TPSA) is 61.8 Å². The Labute approximate surface area is 134 Å². The van der Waals surface area contributed by atoms with Crippen LogP contribution >= 0.6 is 11.6 Å². The molecule has 0 saturated heterocycles. The van der Waals surface area contributed by atoms with Crippen LogP contribution in [0.1, 0.15) is 0 Å². The normalized spacial score (nSPS) is 10.1. The molecule has 0 aliphatic rings. The van der Waals surface area contributed by atoms with Crippen molar-refractivity contribution in [3.8, 4) is 11.5 Å². The van der Waals surface area contributed by atoms with Crippen LogP contribution in [0.4, 0.5) is 10.5 Å². The molecule has 0 heterocycles. The molecule has 0 saturated carbocycles. The first kappa shape index (κ1) is 16.1. The van der Waals surface area contributed by atoms with E-state index in [-0.39, 0.29) is 19.2 Å². The van der Waals surface area contributed by atoms with Gasteiger partial charge in [0.2, 0.25) is 0 Å². The molecule has 5 nitrogen and oxygen atoms in total. The zero-order valence-corrected chi connectivity index (χ0v) is 12.9. The summed E-state index contributed by atoms with van der Waals surface area (Å²) in [4.78, 5) is 13.4. The van der Waals surface area contributed by atoms with Gasteiger partial charge in [0, 0.05) is 18.6 Å². The van der Waals surface area contributed by atoms with Gasteiger partial charge in [0.1, 0.15) is 5.75 Å². The molecule has 0 spiro atoms. The fourth-order valence-corrected chi connectivity index (χ4v) is 1.94. The molecule has 0 aliphatic heterocycles. The summed E-state index contributed by atoms with van der Waals surface area (Å²) in [5, 5.41) is 12.1. The Morgan fingerprint density at radius 3 is 2.68 bits per heavy atom. The molecule has 22 heavy (non-hydrogen) atoms. The molecule has 2 aromatic rings. The Morgan fingerprint density at radius 1 is 1.27 bits per heavy atom. The number of benzene rings is 2. The second-order valence-electron chi connectivity index (χ2n) is 4.63. The van der Waals surface area contributed by atoms with E-state index >= 15 is 0 Å². The Bertz CT molecular complexity index is 635. The molecular formula is C16H17ClN2O3. The molecule has 0 bridgehead atoms. The van der Waals surface area contributed by atoms with Crippen molar-refractivity contribution in [2.45, 2.75) is 0 Å². The van der Waals surface area contributed by atoms with Crippen LogP contribution < -0.4 is 10.1 Å². The number of halogens is 1. The lowest BCUT2D eigenvalue weighted by Gasteiger charge is -2.18. The maximum Gasteiger partial charge on any atom is 0.321 e. The highest BCUT2D eigenvalue weighted by atomic mass is 35.5. The summed E-state index contributed by atoms with van der Waals surface area (Å²) in [6.07, 6.45) is 0. The second-order valence-corrected chi connectivity index (χ2v) is 5.07. The van der Waals surface area contributed by atoms with Crippen LogP contribution in [-0.2, 0) is 0 Å². The van der Waals surface area contributed by atoms with E-state index in [2.05, 4.69) is 5.32 Å². The van der Waals surface area contributed by atoms with Crippen molar-refractivity contribution in [3.63, 3.8) is 0 Å². The van der Waals surface area contributed by atoms with Crippen LogP contribution in [0.2, 0.25) is 5.02 Å². The Balaban J connectivity index is 2.19. The minimum absolute atomic E-state index is 0.104. The molecule has 2 N–H and O–H groups in total. The number of nitrogens with zero attached hydrogens (tertiary/aromatic N) is 1. The maximum absolute atomic E-state index is 12.0. The molecule has 0 radical (unpaired) electrons. The SMILES string of the molecule is CN(CCO)C(=O)Nc1cc(Cl)ccc1Oc1ccccc1. The zero-order valence-electron chi connectivity index (χ0n) is 12.1. The van der Waals surface area contributed by atoms with Crippen molar-refractivity contribution in [2.75, 3.05) is 25.5 Å². The molecule has 0 unspecified atom stereocenters. The van der Waals surface area contributed by atoms with E-state index in [9.17, 15) is 4.79 Å². The van der Waals surface area contributed by atoms with Crippen molar-refractivity contribution in [2.24, 2.45) is 0 Å². The quantitative estimate of drug-likeness (QED) is 0.885. The summed E-state index contributed by atoms with van der Waals surface area (Å²) in [5.74, 6) is 1.14. The number of hydrogen-bond donors (Lipinski definition) is 2. The number of carbonyl (C=O) groups is 1. The highest BCUT2D eigenvalue weighted by Crippen LogP contribution is 2.32. The van der Waals surface area contributed by atoms with E-state index in [1.54, 1.807) is 25.2 Å². The average Bonchev–Trinajstić information content (AvgIpc) is 2.51. The van der Waals surface area contributed by atoms with E-state index in [0.717, 1.165) is 0 Å². The van der Waals surface area contributed by atoms with Gasteiger partial charge in [-0.3, -0.25) is 0 Å². The highest BCUT2D eigenvalue weighted by Gasteiger charge is 2.12. The maximum atomic E-state index is 12.0. The van der Waals surface area contributed by atoms with Crippen LogP contribution in [0.15, 0.2) is 48.5 Å². The van der Waals surface area contributed by atoms with E-state index < -0.39 is 0 Å². The number of likely N-dealkylation sites (N-methyl/N-ethyl adjacent to an activating group) is 1. The van der Waals surface area contributed by atoms with Gasteiger partial charge in [-0.25, -0.2) is 4.79 Å². The van der Waals surface area contributed by atoms with Crippen molar-refractivity contribution in [1.82, 2.24) is 4.90 Å². The monoisotopic (exact) mass is 320 g/mol. The average molecular weight is 321 g/mol. The van der Waals surface area contributed by atoms with Gasteiger partial charge >= 0.3 is 6.03 Å². The van der Waals surface area contributed by atoms with E-state index in [1.165, 1.54) is 4.90 Å². The fourth-order valence-electron chi connectivity index (χ4n) is 1.77. The molecule has 0 aromatic heterocycles. The molecule has 0 aliphatic carbocycles. The van der Waals surface area contributed by atoms with Gasteiger partial charge in [-0.15, -0.1) is 0 Å². The zero-order chi connectivity index (χ0) is 15.9. The first-order valence-corrected chi connectivity index (χ1v) is 7.13. The lowest BCUT2D eigenvalue weighted by Crippen LogP contribution is -2.33. The third-order valence-corrected chi connectivity index (χ3v) is 3.17. The molecule has 0 fully saturated rings. The van der Waals surface area contributed by atoms with Gasteiger partial charge in [-0.05, 0) is 30.3 Å². The van der Waals surface area contributed by atoms with E-state index in [0.29, 0.717) is 22.2 Å². The van der Waals surface area contributed by atoms with Crippen LogP contribution in [0.5, 0.6) is 11.5 Å². The summed E-state index contributed by atoms with van der Waals surface area (Å²) in [7, 11) is 1.59. The number of hydrogen-bond acceptors (Lipinski definition) is 3. The third-order valence-electron chi connectivity index (χ3n) is 2.94. The van der Waals surface area contributed by atoms with Crippen LogP contribution in [-0.4, -0.2) is 36.2 Å². The molecule has 116 valence electrons. The number of amides is 2. The predicted octanol–water partition coefficient (Wildman–Crippen LogP) is 3.59. The molecule has 6 heteroatoms. The number of urea groups is 1. The largest absolute Gasteiger partial charge is 0.455 e. The number of rotatable bonds is 5. The van der Waals surface area contributed by atoms with Gasteiger partial charge < -0.3 is 20.1 Å².